The number of para-hydroxylation sites is 2. The Labute approximate surface area is 81.3 Å². The predicted octanol–water partition coefficient (Wildman–Crippen LogP) is 0.712. The molecule has 4 heteroatoms. The normalized spacial score (nSPS) is 24.0. The van der Waals surface area contributed by atoms with E-state index in [9.17, 15) is 0 Å². The molecule has 0 bridgehead atoms. The van der Waals surface area contributed by atoms with Crippen LogP contribution in [-0.2, 0) is 0 Å². The molecule has 2 rings (SSSR count). The first kappa shape index (κ1) is 8.85. The number of aliphatic hydroxyl groups is 1. The zero-order valence-electron chi connectivity index (χ0n) is 7.43. The smallest absolute Gasteiger partial charge is 0.250 e. The lowest BCUT2D eigenvalue weighted by Crippen LogP contribution is -2.46. The zero-order chi connectivity index (χ0) is 10.0. The van der Waals surface area contributed by atoms with Crippen LogP contribution in [0.1, 0.15) is 0 Å². The van der Waals surface area contributed by atoms with Crippen molar-refractivity contribution in [2.24, 2.45) is 0 Å². The molecule has 1 aromatic rings. The SMILES string of the molecule is N#CC1(CO)COc2ccccc2O1. The summed E-state index contributed by atoms with van der Waals surface area (Å²) in [6.45, 7) is -0.325. The van der Waals surface area contributed by atoms with Gasteiger partial charge in [-0.25, -0.2) is 0 Å². The number of nitrogens with zero attached hydrogens (tertiary/aromatic N) is 1. The summed E-state index contributed by atoms with van der Waals surface area (Å²) in [4.78, 5) is 0. The van der Waals surface area contributed by atoms with Crippen LogP contribution in [0.5, 0.6) is 11.5 Å². The second-order valence-electron chi connectivity index (χ2n) is 3.10. The molecule has 4 nitrogen and oxygen atoms in total. The first-order valence-corrected chi connectivity index (χ1v) is 4.23. The van der Waals surface area contributed by atoms with Gasteiger partial charge >= 0.3 is 0 Å². The van der Waals surface area contributed by atoms with Crippen LogP contribution >= 0.6 is 0 Å². The third-order valence-corrected chi connectivity index (χ3v) is 2.07. The number of ether oxygens (including phenoxy) is 2. The summed E-state index contributed by atoms with van der Waals surface area (Å²) in [5, 5.41) is 17.9. The van der Waals surface area contributed by atoms with E-state index in [1.165, 1.54) is 0 Å². The number of fused-ring (bicyclic) bond motifs is 1. The molecule has 0 saturated heterocycles. The van der Waals surface area contributed by atoms with Crippen LogP contribution in [0.3, 0.4) is 0 Å². The van der Waals surface area contributed by atoms with Crippen LogP contribution in [0, 0.1) is 11.3 Å². The molecular weight excluding hydrogens is 182 g/mol. The van der Waals surface area contributed by atoms with Gasteiger partial charge in [0.1, 0.15) is 19.3 Å². The van der Waals surface area contributed by atoms with Crippen LogP contribution in [0.25, 0.3) is 0 Å². The molecule has 0 saturated carbocycles. The summed E-state index contributed by atoms with van der Waals surface area (Å²) in [5.74, 6) is 1.10. The molecule has 1 aliphatic heterocycles. The lowest BCUT2D eigenvalue weighted by Gasteiger charge is -2.31. The number of hydrogen-bond acceptors (Lipinski definition) is 4. The maximum atomic E-state index is 9.04. The van der Waals surface area contributed by atoms with Crippen molar-refractivity contribution in [2.45, 2.75) is 5.60 Å². The van der Waals surface area contributed by atoms with Crippen molar-refractivity contribution in [3.8, 4) is 17.6 Å². The van der Waals surface area contributed by atoms with Crippen molar-refractivity contribution in [3.63, 3.8) is 0 Å². The molecule has 72 valence electrons. The van der Waals surface area contributed by atoms with Crippen LogP contribution in [0.4, 0.5) is 0 Å². The molecule has 1 aromatic carbocycles. The van der Waals surface area contributed by atoms with E-state index in [1.807, 2.05) is 12.1 Å². The van der Waals surface area contributed by atoms with E-state index >= 15 is 0 Å². The lowest BCUT2D eigenvalue weighted by molar-refractivity contribution is -0.00637. The highest BCUT2D eigenvalue weighted by molar-refractivity contribution is 5.42. The van der Waals surface area contributed by atoms with Gasteiger partial charge in [-0.1, -0.05) is 12.1 Å². The monoisotopic (exact) mass is 191 g/mol. The molecule has 1 atom stereocenters. The summed E-state index contributed by atoms with van der Waals surface area (Å²) < 4.78 is 10.7. The molecule has 0 aliphatic carbocycles. The average molecular weight is 191 g/mol. The first-order chi connectivity index (χ1) is 6.79. The molecule has 0 amide bonds. The van der Waals surface area contributed by atoms with Crippen molar-refractivity contribution >= 4 is 0 Å². The van der Waals surface area contributed by atoms with Gasteiger partial charge < -0.3 is 14.6 Å². The van der Waals surface area contributed by atoms with E-state index in [0.29, 0.717) is 11.5 Å². The molecule has 0 fully saturated rings. The third-order valence-electron chi connectivity index (χ3n) is 2.07. The van der Waals surface area contributed by atoms with Gasteiger partial charge in [-0.15, -0.1) is 0 Å². The second-order valence-corrected chi connectivity index (χ2v) is 3.10. The topological polar surface area (TPSA) is 62.5 Å². The lowest BCUT2D eigenvalue weighted by atomic mass is 10.1. The summed E-state index contributed by atoms with van der Waals surface area (Å²) in [6, 6.07) is 8.98. The van der Waals surface area contributed by atoms with Crippen LogP contribution in [0.2, 0.25) is 0 Å². The quantitative estimate of drug-likeness (QED) is 0.710. The Kier molecular flexibility index (Phi) is 2.02. The minimum absolute atomic E-state index is 0.0526. The number of nitriles is 1. The van der Waals surface area contributed by atoms with Crippen LogP contribution in [0.15, 0.2) is 24.3 Å². The van der Waals surface area contributed by atoms with Gasteiger partial charge in [0.25, 0.3) is 0 Å². The Balaban J connectivity index is 2.34. The molecule has 1 heterocycles. The van der Waals surface area contributed by atoms with Gasteiger partial charge in [-0.2, -0.15) is 5.26 Å². The Hall–Kier alpha value is -1.73. The van der Waals surface area contributed by atoms with Crippen LogP contribution < -0.4 is 9.47 Å². The third kappa shape index (κ3) is 1.28. The number of benzene rings is 1. The molecule has 0 spiro atoms. The molecule has 1 N–H and O–H groups in total. The molecule has 1 unspecified atom stereocenters. The Bertz CT molecular complexity index is 385. The average Bonchev–Trinajstić information content (AvgIpc) is 2.28. The van der Waals surface area contributed by atoms with E-state index in [0.717, 1.165) is 0 Å². The summed E-state index contributed by atoms with van der Waals surface area (Å²) in [7, 11) is 0. The number of hydrogen-bond donors (Lipinski definition) is 1. The minimum Gasteiger partial charge on any atom is -0.484 e. The largest absolute Gasteiger partial charge is 0.484 e. The fourth-order valence-corrected chi connectivity index (χ4v) is 1.26. The van der Waals surface area contributed by atoms with Crippen molar-refractivity contribution in [3.05, 3.63) is 24.3 Å². The van der Waals surface area contributed by atoms with E-state index in [2.05, 4.69) is 0 Å². The fraction of sp³-hybridized carbons (Fsp3) is 0.300. The molecule has 1 aliphatic rings. The van der Waals surface area contributed by atoms with Gasteiger partial charge in [0.15, 0.2) is 11.5 Å². The Morgan fingerprint density at radius 3 is 2.79 bits per heavy atom. The highest BCUT2D eigenvalue weighted by Gasteiger charge is 2.37. The van der Waals surface area contributed by atoms with Gasteiger partial charge in [-0.05, 0) is 12.1 Å². The predicted molar refractivity (Wildman–Crippen MR) is 48.0 cm³/mol. The standard InChI is InChI=1S/C10H9NO3/c11-5-10(6-12)7-13-8-3-1-2-4-9(8)14-10/h1-4,12H,6-7H2. The minimum atomic E-state index is -1.26. The van der Waals surface area contributed by atoms with E-state index in [4.69, 9.17) is 19.8 Å². The van der Waals surface area contributed by atoms with E-state index in [-0.39, 0.29) is 13.2 Å². The summed E-state index contributed by atoms with van der Waals surface area (Å²) >= 11 is 0. The van der Waals surface area contributed by atoms with Crippen molar-refractivity contribution < 1.29 is 14.6 Å². The maximum absolute atomic E-state index is 9.04. The number of aliphatic hydroxyl groups excluding tert-OH is 1. The number of rotatable bonds is 1. The van der Waals surface area contributed by atoms with Crippen molar-refractivity contribution in [2.75, 3.05) is 13.2 Å². The van der Waals surface area contributed by atoms with Crippen molar-refractivity contribution in [1.29, 1.82) is 5.26 Å². The Morgan fingerprint density at radius 2 is 2.14 bits per heavy atom. The molecule has 14 heavy (non-hydrogen) atoms. The van der Waals surface area contributed by atoms with Gasteiger partial charge in [0.05, 0.1) is 0 Å². The van der Waals surface area contributed by atoms with Gasteiger partial charge in [-0.3, -0.25) is 0 Å². The fourth-order valence-electron chi connectivity index (χ4n) is 1.26. The summed E-state index contributed by atoms with van der Waals surface area (Å²) in [6.07, 6.45) is 0. The highest BCUT2D eigenvalue weighted by atomic mass is 16.6. The van der Waals surface area contributed by atoms with Gasteiger partial charge in [0, 0.05) is 0 Å². The van der Waals surface area contributed by atoms with E-state index in [1.54, 1.807) is 18.2 Å². The zero-order valence-corrected chi connectivity index (χ0v) is 7.43. The molecule has 0 aromatic heterocycles. The van der Waals surface area contributed by atoms with E-state index < -0.39 is 5.60 Å². The summed E-state index contributed by atoms with van der Waals surface area (Å²) in [5.41, 5.74) is -1.26. The first-order valence-electron chi connectivity index (χ1n) is 4.23. The molecular formula is C10H9NO3. The highest BCUT2D eigenvalue weighted by Crippen LogP contribution is 2.34. The van der Waals surface area contributed by atoms with Crippen LogP contribution in [-0.4, -0.2) is 23.9 Å². The second kappa shape index (κ2) is 3.20. The maximum Gasteiger partial charge on any atom is 0.250 e. The molecule has 0 radical (unpaired) electrons. The van der Waals surface area contributed by atoms with Gasteiger partial charge in [0.2, 0.25) is 5.60 Å². The Morgan fingerprint density at radius 1 is 1.43 bits per heavy atom. The van der Waals surface area contributed by atoms with Crippen molar-refractivity contribution in [1.82, 2.24) is 0 Å².